The minimum absolute atomic E-state index is 0.00231. The standard InChI is InChI=1S/C17H23N3O2/c21-16-6-9-18-13-20(16)12-14-7-10-19(11-8-14)17(22)15-4-2-1-3-5-15/h1-2,6,9,13-15H,3-5,7-8,10-12H2. The van der Waals surface area contributed by atoms with Crippen LogP contribution in [0.1, 0.15) is 32.1 Å². The van der Waals surface area contributed by atoms with E-state index in [1.54, 1.807) is 10.9 Å². The molecule has 22 heavy (non-hydrogen) atoms. The topological polar surface area (TPSA) is 55.2 Å². The third kappa shape index (κ3) is 3.46. The van der Waals surface area contributed by atoms with Crippen molar-refractivity contribution in [2.24, 2.45) is 11.8 Å². The van der Waals surface area contributed by atoms with Gasteiger partial charge < -0.3 is 4.90 Å². The van der Waals surface area contributed by atoms with E-state index >= 15 is 0 Å². The summed E-state index contributed by atoms with van der Waals surface area (Å²) in [6.07, 6.45) is 12.3. The zero-order valence-corrected chi connectivity index (χ0v) is 12.9. The van der Waals surface area contributed by atoms with Crippen molar-refractivity contribution in [2.75, 3.05) is 13.1 Å². The third-order valence-corrected chi connectivity index (χ3v) is 4.79. The summed E-state index contributed by atoms with van der Waals surface area (Å²) >= 11 is 0. The Morgan fingerprint density at radius 2 is 2.05 bits per heavy atom. The molecule has 1 saturated heterocycles. The van der Waals surface area contributed by atoms with E-state index in [-0.39, 0.29) is 11.5 Å². The summed E-state index contributed by atoms with van der Waals surface area (Å²) in [5.74, 6) is 0.959. The molecule has 1 aromatic heterocycles. The number of amides is 1. The summed E-state index contributed by atoms with van der Waals surface area (Å²) in [4.78, 5) is 30.3. The van der Waals surface area contributed by atoms with Crippen LogP contribution < -0.4 is 5.56 Å². The quantitative estimate of drug-likeness (QED) is 0.801. The van der Waals surface area contributed by atoms with E-state index in [0.717, 1.165) is 45.2 Å². The van der Waals surface area contributed by atoms with E-state index in [0.29, 0.717) is 18.4 Å². The highest BCUT2D eigenvalue weighted by molar-refractivity contribution is 5.79. The van der Waals surface area contributed by atoms with Gasteiger partial charge in [-0.3, -0.25) is 14.2 Å². The van der Waals surface area contributed by atoms with Crippen LogP contribution in [0, 0.1) is 11.8 Å². The molecule has 3 rings (SSSR count). The number of rotatable bonds is 3. The number of likely N-dealkylation sites (tertiary alicyclic amines) is 1. The molecule has 1 aliphatic carbocycles. The summed E-state index contributed by atoms with van der Waals surface area (Å²) in [6, 6.07) is 1.50. The maximum absolute atomic E-state index is 12.5. The molecule has 0 aromatic carbocycles. The molecule has 118 valence electrons. The van der Waals surface area contributed by atoms with E-state index in [2.05, 4.69) is 17.1 Å². The fraction of sp³-hybridized carbons (Fsp3) is 0.588. The molecule has 1 aliphatic heterocycles. The highest BCUT2D eigenvalue weighted by Crippen LogP contribution is 2.24. The predicted octanol–water partition coefficient (Wildman–Crippen LogP) is 1.84. The van der Waals surface area contributed by atoms with Gasteiger partial charge in [0.1, 0.15) is 0 Å². The average Bonchev–Trinajstić information content (AvgIpc) is 2.58. The number of aromatic nitrogens is 2. The second-order valence-electron chi connectivity index (χ2n) is 6.32. The van der Waals surface area contributed by atoms with Crippen LogP contribution >= 0.6 is 0 Å². The van der Waals surface area contributed by atoms with Crippen LogP contribution in [-0.2, 0) is 11.3 Å². The molecule has 1 unspecified atom stereocenters. The van der Waals surface area contributed by atoms with Gasteiger partial charge in [0.15, 0.2) is 0 Å². The van der Waals surface area contributed by atoms with Gasteiger partial charge in [0.25, 0.3) is 5.56 Å². The van der Waals surface area contributed by atoms with Crippen molar-refractivity contribution in [1.29, 1.82) is 0 Å². The first-order valence-corrected chi connectivity index (χ1v) is 8.18. The summed E-state index contributed by atoms with van der Waals surface area (Å²) < 4.78 is 1.67. The number of piperidine rings is 1. The van der Waals surface area contributed by atoms with Crippen molar-refractivity contribution in [3.05, 3.63) is 41.1 Å². The van der Waals surface area contributed by atoms with Gasteiger partial charge in [-0.15, -0.1) is 0 Å². The Labute approximate surface area is 130 Å². The molecular formula is C17H23N3O2. The van der Waals surface area contributed by atoms with Crippen LogP contribution in [0.4, 0.5) is 0 Å². The first kappa shape index (κ1) is 15.0. The van der Waals surface area contributed by atoms with Gasteiger partial charge in [-0.05, 0) is 38.0 Å². The first-order valence-electron chi connectivity index (χ1n) is 8.18. The Bertz CT molecular complexity index is 600. The van der Waals surface area contributed by atoms with Crippen molar-refractivity contribution in [3.63, 3.8) is 0 Å². The average molecular weight is 301 g/mol. The van der Waals surface area contributed by atoms with Crippen molar-refractivity contribution in [3.8, 4) is 0 Å². The Morgan fingerprint density at radius 3 is 2.73 bits per heavy atom. The number of hydrogen-bond acceptors (Lipinski definition) is 3. The van der Waals surface area contributed by atoms with E-state index in [4.69, 9.17) is 0 Å². The van der Waals surface area contributed by atoms with E-state index in [9.17, 15) is 9.59 Å². The van der Waals surface area contributed by atoms with Gasteiger partial charge in [-0.25, -0.2) is 4.98 Å². The van der Waals surface area contributed by atoms with Crippen molar-refractivity contribution < 1.29 is 4.79 Å². The van der Waals surface area contributed by atoms with Crippen molar-refractivity contribution >= 4 is 5.91 Å². The normalized spacial score (nSPS) is 22.7. The van der Waals surface area contributed by atoms with E-state index in [1.165, 1.54) is 12.3 Å². The second kappa shape index (κ2) is 6.90. The van der Waals surface area contributed by atoms with Crippen LogP contribution in [0.2, 0.25) is 0 Å². The lowest BCUT2D eigenvalue weighted by Gasteiger charge is -2.34. The monoisotopic (exact) mass is 301 g/mol. The molecule has 1 fully saturated rings. The SMILES string of the molecule is O=C(C1CC=CCC1)N1CCC(Cn2cnccc2=O)CC1. The van der Waals surface area contributed by atoms with E-state index < -0.39 is 0 Å². The molecule has 0 spiro atoms. The van der Waals surface area contributed by atoms with Crippen LogP contribution in [0.15, 0.2) is 35.5 Å². The van der Waals surface area contributed by atoms with Crippen LogP contribution in [0.5, 0.6) is 0 Å². The lowest BCUT2D eigenvalue weighted by atomic mass is 9.91. The number of hydrogen-bond donors (Lipinski definition) is 0. The number of allylic oxidation sites excluding steroid dienone is 2. The van der Waals surface area contributed by atoms with Crippen molar-refractivity contribution in [1.82, 2.24) is 14.5 Å². The van der Waals surface area contributed by atoms with Crippen LogP contribution in [0.3, 0.4) is 0 Å². The fourth-order valence-electron chi connectivity index (χ4n) is 3.41. The van der Waals surface area contributed by atoms with E-state index in [1.807, 2.05) is 4.90 Å². The minimum Gasteiger partial charge on any atom is -0.342 e. The Balaban J connectivity index is 1.52. The highest BCUT2D eigenvalue weighted by atomic mass is 16.2. The highest BCUT2D eigenvalue weighted by Gasteiger charge is 2.28. The molecule has 0 bridgehead atoms. The van der Waals surface area contributed by atoms with Gasteiger partial charge in [0.2, 0.25) is 5.91 Å². The largest absolute Gasteiger partial charge is 0.342 e. The summed E-state index contributed by atoms with van der Waals surface area (Å²) in [5, 5.41) is 0. The molecule has 1 aromatic rings. The maximum atomic E-state index is 12.5. The molecule has 2 aliphatic rings. The van der Waals surface area contributed by atoms with Gasteiger partial charge in [0, 0.05) is 37.8 Å². The number of carbonyl (C=O) groups is 1. The zero-order chi connectivity index (χ0) is 15.4. The van der Waals surface area contributed by atoms with Gasteiger partial charge in [0.05, 0.1) is 6.33 Å². The number of nitrogens with zero attached hydrogens (tertiary/aromatic N) is 3. The predicted molar refractivity (Wildman–Crippen MR) is 84.3 cm³/mol. The lowest BCUT2D eigenvalue weighted by Crippen LogP contribution is -2.43. The van der Waals surface area contributed by atoms with Crippen molar-refractivity contribution in [2.45, 2.75) is 38.6 Å². The smallest absolute Gasteiger partial charge is 0.253 e. The molecule has 0 N–H and O–H groups in total. The Morgan fingerprint density at radius 1 is 1.23 bits per heavy atom. The zero-order valence-electron chi connectivity index (χ0n) is 12.9. The molecule has 2 heterocycles. The molecule has 1 atom stereocenters. The lowest BCUT2D eigenvalue weighted by molar-refractivity contribution is -0.137. The molecule has 5 nitrogen and oxygen atoms in total. The third-order valence-electron chi connectivity index (χ3n) is 4.79. The van der Waals surface area contributed by atoms with Gasteiger partial charge in [-0.2, -0.15) is 0 Å². The Hall–Kier alpha value is -1.91. The van der Waals surface area contributed by atoms with Crippen LogP contribution in [0.25, 0.3) is 0 Å². The molecule has 0 radical (unpaired) electrons. The molecule has 1 amide bonds. The molecular weight excluding hydrogens is 278 g/mol. The summed E-state index contributed by atoms with van der Waals surface area (Å²) in [6.45, 7) is 2.35. The first-order chi connectivity index (χ1) is 10.7. The maximum Gasteiger partial charge on any atom is 0.253 e. The molecule has 0 saturated carbocycles. The Kier molecular flexibility index (Phi) is 4.71. The summed E-state index contributed by atoms with van der Waals surface area (Å²) in [7, 11) is 0. The van der Waals surface area contributed by atoms with Gasteiger partial charge >= 0.3 is 0 Å². The molecule has 5 heteroatoms. The summed E-state index contributed by atoms with van der Waals surface area (Å²) in [5.41, 5.74) is 0.00231. The number of carbonyl (C=O) groups excluding carboxylic acids is 1. The fourth-order valence-corrected chi connectivity index (χ4v) is 3.41. The minimum atomic E-state index is 0.00231. The van der Waals surface area contributed by atoms with Gasteiger partial charge in [-0.1, -0.05) is 12.2 Å². The van der Waals surface area contributed by atoms with Crippen LogP contribution in [-0.4, -0.2) is 33.4 Å². The second-order valence-corrected chi connectivity index (χ2v) is 6.32.